The summed E-state index contributed by atoms with van der Waals surface area (Å²) in [6.45, 7) is 4.91. The van der Waals surface area contributed by atoms with Crippen LogP contribution >= 0.6 is 0 Å². The zero-order valence-corrected chi connectivity index (χ0v) is 17.8. The lowest BCUT2D eigenvalue weighted by molar-refractivity contribution is -0.175. The second-order valence-corrected chi connectivity index (χ2v) is 9.46. The lowest BCUT2D eigenvalue weighted by atomic mass is 9.58. The Balaban J connectivity index is 1.55. The van der Waals surface area contributed by atoms with Crippen LogP contribution in [0.3, 0.4) is 0 Å². The lowest BCUT2D eigenvalue weighted by Crippen LogP contribution is -2.65. The van der Waals surface area contributed by atoms with Gasteiger partial charge in [0, 0.05) is 46.9 Å². The molecule has 2 saturated carbocycles. The summed E-state index contributed by atoms with van der Waals surface area (Å²) < 4.78 is 23.4. The van der Waals surface area contributed by atoms with Crippen LogP contribution in [-0.2, 0) is 18.9 Å². The van der Waals surface area contributed by atoms with Crippen molar-refractivity contribution >= 4 is 0 Å². The molecule has 5 heteroatoms. The molecule has 2 aliphatic heterocycles. The summed E-state index contributed by atoms with van der Waals surface area (Å²) in [5.74, 6) is 3.60. The lowest BCUT2D eigenvalue weighted by Gasteiger charge is -2.60. The van der Waals surface area contributed by atoms with Crippen LogP contribution in [0, 0.1) is 29.6 Å². The van der Waals surface area contributed by atoms with Crippen molar-refractivity contribution in [3.63, 3.8) is 0 Å². The van der Waals surface area contributed by atoms with Crippen LogP contribution in [0.15, 0.2) is 0 Å². The van der Waals surface area contributed by atoms with Crippen molar-refractivity contribution in [1.82, 2.24) is 4.90 Å². The predicted molar refractivity (Wildman–Crippen MR) is 105 cm³/mol. The average Bonchev–Trinajstić information content (AvgIpc) is 2.71. The molecule has 4 fully saturated rings. The Morgan fingerprint density at radius 2 is 1.41 bits per heavy atom. The van der Waals surface area contributed by atoms with Crippen molar-refractivity contribution in [1.29, 1.82) is 0 Å². The molecule has 10 unspecified atom stereocenters. The first kappa shape index (κ1) is 20.1. The topological polar surface area (TPSA) is 40.2 Å². The van der Waals surface area contributed by atoms with Gasteiger partial charge in [-0.25, -0.2) is 0 Å². The Bertz CT molecular complexity index is 503. The highest BCUT2D eigenvalue weighted by Gasteiger charge is 2.54. The molecule has 0 radical (unpaired) electrons. The molecule has 2 saturated heterocycles. The predicted octanol–water partition coefficient (Wildman–Crippen LogP) is 2.82. The van der Waals surface area contributed by atoms with E-state index >= 15 is 0 Å². The third kappa shape index (κ3) is 3.38. The van der Waals surface area contributed by atoms with Crippen LogP contribution in [-0.4, -0.2) is 76.9 Å². The second-order valence-electron chi connectivity index (χ2n) is 9.46. The number of nitrogens with zero attached hydrogens (tertiary/aromatic N) is 1. The summed E-state index contributed by atoms with van der Waals surface area (Å²) in [5, 5.41) is 0. The Labute approximate surface area is 165 Å². The maximum Gasteiger partial charge on any atom is 0.0875 e. The smallest absolute Gasteiger partial charge is 0.0875 e. The van der Waals surface area contributed by atoms with Crippen LogP contribution < -0.4 is 0 Å². The van der Waals surface area contributed by atoms with Crippen molar-refractivity contribution in [2.75, 3.05) is 41.5 Å². The van der Waals surface area contributed by atoms with Crippen LogP contribution in [0.2, 0.25) is 0 Å². The Hall–Kier alpha value is -0.200. The largest absolute Gasteiger partial charge is 0.379 e. The first-order valence-corrected chi connectivity index (χ1v) is 11.0. The monoisotopic (exact) mass is 381 g/mol. The van der Waals surface area contributed by atoms with Crippen molar-refractivity contribution < 1.29 is 18.9 Å². The van der Waals surface area contributed by atoms with Crippen molar-refractivity contribution in [3.05, 3.63) is 0 Å². The van der Waals surface area contributed by atoms with Crippen LogP contribution in [0.5, 0.6) is 0 Å². The second kappa shape index (κ2) is 8.27. The molecule has 0 bridgehead atoms. The van der Waals surface area contributed by atoms with Gasteiger partial charge in [0.2, 0.25) is 0 Å². The van der Waals surface area contributed by atoms with E-state index in [1.54, 1.807) is 0 Å². The van der Waals surface area contributed by atoms with E-state index < -0.39 is 0 Å². The Morgan fingerprint density at radius 1 is 0.704 bits per heavy atom. The highest BCUT2D eigenvalue weighted by molar-refractivity contribution is 5.06. The average molecular weight is 382 g/mol. The molecule has 0 aromatic heterocycles. The zero-order chi connectivity index (χ0) is 19.1. The minimum atomic E-state index is 0.242. The third-order valence-electron chi connectivity index (χ3n) is 8.67. The minimum Gasteiger partial charge on any atom is -0.379 e. The molecule has 0 aromatic carbocycles. The number of fused-ring (bicyclic) bond motifs is 4. The summed E-state index contributed by atoms with van der Waals surface area (Å²) in [6.07, 6.45) is 7.04. The first-order chi connectivity index (χ1) is 13.1. The van der Waals surface area contributed by atoms with E-state index in [9.17, 15) is 0 Å². The van der Waals surface area contributed by atoms with Gasteiger partial charge >= 0.3 is 0 Å². The van der Waals surface area contributed by atoms with Crippen molar-refractivity contribution in [3.8, 4) is 0 Å². The summed E-state index contributed by atoms with van der Waals surface area (Å²) >= 11 is 0. The maximum atomic E-state index is 5.97. The van der Waals surface area contributed by atoms with Crippen molar-refractivity contribution in [2.45, 2.75) is 69.5 Å². The molecular weight excluding hydrogens is 342 g/mol. The van der Waals surface area contributed by atoms with Gasteiger partial charge in [-0.2, -0.15) is 0 Å². The number of methoxy groups -OCH3 is 4. The standard InChI is InChI=1S/C22H39NO4/c1-13-15-6-7-18(24-2)22(27-5)17(15)12-23-9-8-14-10-19(25-3)20(26-4)11-16(14)21(13)23/h13-22H,6-12H2,1-5H3. The molecule has 10 atom stereocenters. The number of hydrogen-bond acceptors (Lipinski definition) is 5. The molecular formula is C22H39NO4. The number of rotatable bonds is 4. The summed E-state index contributed by atoms with van der Waals surface area (Å²) in [7, 11) is 7.42. The molecule has 0 aromatic rings. The van der Waals surface area contributed by atoms with E-state index in [2.05, 4.69) is 11.8 Å². The molecule has 4 aliphatic rings. The van der Waals surface area contributed by atoms with E-state index in [1.807, 2.05) is 28.4 Å². The molecule has 27 heavy (non-hydrogen) atoms. The molecule has 0 spiro atoms. The van der Waals surface area contributed by atoms with E-state index in [4.69, 9.17) is 18.9 Å². The SMILES string of the molecule is COC1CC2CCN3CC4C(CCC(OC)C4OC)C(C)C3C2CC1OC. The molecule has 156 valence electrons. The fourth-order valence-corrected chi connectivity index (χ4v) is 7.42. The third-order valence-corrected chi connectivity index (χ3v) is 8.67. The molecule has 2 aliphatic carbocycles. The fraction of sp³-hybridized carbons (Fsp3) is 1.00. The number of piperidine rings is 2. The first-order valence-electron chi connectivity index (χ1n) is 11.0. The Kier molecular flexibility index (Phi) is 6.15. The highest BCUT2D eigenvalue weighted by Crippen LogP contribution is 2.51. The minimum absolute atomic E-state index is 0.242. The summed E-state index contributed by atoms with van der Waals surface area (Å²) in [6, 6.07) is 0.692. The summed E-state index contributed by atoms with van der Waals surface area (Å²) in [4.78, 5) is 2.80. The van der Waals surface area contributed by atoms with Gasteiger partial charge in [0.1, 0.15) is 0 Å². The Morgan fingerprint density at radius 3 is 2.07 bits per heavy atom. The molecule has 2 heterocycles. The highest BCUT2D eigenvalue weighted by atomic mass is 16.5. The van der Waals surface area contributed by atoms with Gasteiger partial charge in [0.05, 0.1) is 24.4 Å². The van der Waals surface area contributed by atoms with Crippen molar-refractivity contribution in [2.24, 2.45) is 29.6 Å². The molecule has 0 amide bonds. The molecule has 5 nitrogen and oxygen atoms in total. The van der Waals surface area contributed by atoms with Gasteiger partial charge in [-0.1, -0.05) is 6.92 Å². The quantitative estimate of drug-likeness (QED) is 0.749. The van der Waals surface area contributed by atoms with Gasteiger partial charge < -0.3 is 18.9 Å². The van der Waals surface area contributed by atoms with E-state index in [-0.39, 0.29) is 24.4 Å². The zero-order valence-electron chi connectivity index (χ0n) is 17.8. The van der Waals surface area contributed by atoms with E-state index in [0.717, 1.165) is 37.0 Å². The summed E-state index contributed by atoms with van der Waals surface area (Å²) in [5.41, 5.74) is 0. The van der Waals surface area contributed by atoms with Crippen LogP contribution in [0.4, 0.5) is 0 Å². The van der Waals surface area contributed by atoms with Gasteiger partial charge in [0.25, 0.3) is 0 Å². The van der Waals surface area contributed by atoms with E-state index in [1.165, 1.54) is 25.9 Å². The van der Waals surface area contributed by atoms with E-state index in [0.29, 0.717) is 17.9 Å². The van der Waals surface area contributed by atoms with Crippen LogP contribution in [0.25, 0.3) is 0 Å². The maximum absolute atomic E-state index is 5.97. The fourth-order valence-electron chi connectivity index (χ4n) is 7.42. The molecule has 0 N–H and O–H groups in total. The number of hydrogen-bond donors (Lipinski definition) is 0. The van der Waals surface area contributed by atoms with Crippen LogP contribution in [0.1, 0.15) is 39.0 Å². The van der Waals surface area contributed by atoms with Gasteiger partial charge in [-0.15, -0.1) is 0 Å². The van der Waals surface area contributed by atoms with Gasteiger partial charge in [0.15, 0.2) is 0 Å². The molecule has 4 rings (SSSR count). The number of ether oxygens (including phenoxy) is 4. The van der Waals surface area contributed by atoms with Gasteiger partial charge in [-0.05, 0) is 62.3 Å². The normalized spacial score (nSPS) is 50.6. The van der Waals surface area contributed by atoms with Gasteiger partial charge in [-0.3, -0.25) is 4.90 Å².